The molecule has 16 heteroatoms. The van der Waals surface area contributed by atoms with Crippen molar-refractivity contribution in [1.82, 2.24) is 15.1 Å². The molecule has 0 radical (unpaired) electrons. The van der Waals surface area contributed by atoms with Gasteiger partial charge in [-0.2, -0.15) is 27.1 Å². The number of aromatic nitrogens is 2. The highest BCUT2D eigenvalue weighted by Gasteiger charge is 2.47. The largest absolute Gasteiger partial charge is 0.434 e. The van der Waals surface area contributed by atoms with Gasteiger partial charge in [0.2, 0.25) is 0 Å². The number of amides is 1. The Hall–Kier alpha value is -2.49. The van der Waals surface area contributed by atoms with Crippen molar-refractivity contribution in [3.8, 4) is 17.0 Å². The van der Waals surface area contributed by atoms with Crippen molar-refractivity contribution in [1.29, 1.82) is 0 Å². The summed E-state index contributed by atoms with van der Waals surface area (Å²) in [7, 11) is -2.09. The van der Waals surface area contributed by atoms with Crippen LogP contribution in [0, 0.1) is 5.41 Å². The number of alkyl halides is 5. The number of carbonyl (C=O) groups excluding carboxylic acids is 1. The Balaban J connectivity index is 1.87. The Morgan fingerprint density at radius 2 is 1.95 bits per heavy atom. The number of aliphatic hydroxyl groups excluding tert-OH is 1. The predicted molar refractivity (Wildman–Crippen MR) is 140 cm³/mol. The first-order valence-corrected chi connectivity index (χ1v) is 14.7. The number of nitrogens with zero attached hydrogens (tertiary/aromatic N) is 2. The Morgan fingerprint density at radius 1 is 1.32 bits per heavy atom. The molecule has 41 heavy (non-hydrogen) atoms. The second kappa shape index (κ2) is 11.7. The zero-order valence-electron chi connectivity index (χ0n) is 22.6. The average molecular weight is 632 g/mol. The number of halogens is 6. The van der Waals surface area contributed by atoms with Gasteiger partial charge in [-0.25, -0.2) is 8.42 Å². The van der Waals surface area contributed by atoms with E-state index in [0.717, 1.165) is 30.9 Å². The molecule has 3 N–H and O–H groups in total. The van der Waals surface area contributed by atoms with Crippen LogP contribution < -0.4 is 10.1 Å². The van der Waals surface area contributed by atoms with Gasteiger partial charge in [0.15, 0.2) is 5.69 Å². The van der Waals surface area contributed by atoms with Gasteiger partial charge >= 0.3 is 12.8 Å². The number of rotatable bonds is 9. The monoisotopic (exact) mass is 631 g/mol. The number of sulfone groups is 1. The van der Waals surface area contributed by atoms with Gasteiger partial charge in [0.1, 0.15) is 21.2 Å². The molecule has 0 spiro atoms. The highest BCUT2D eigenvalue weighted by atomic mass is 35.5. The highest BCUT2D eigenvalue weighted by Crippen LogP contribution is 2.43. The van der Waals surface area contributed by atoms with Crippen LogP contribution in [0.3, 0.4) is 0 Å². The van der Waals surface area contributed by atoms with E-state index in [1.165, 1.54) is 19.2 Å². The minimum absolute atomic E-state index is 0.0403. The molecule has 0 unspecified atom stereocenters. The summed E-state index contributed by atoms with van der Waals surface area (Å²) < 4.78 is 95.9. The third-order valence-electron chi connectivity index (χ3n) is 7.30. The van der Waals surface area contributed by atoms with Gasteiger partial charge in [-0.15, -0.1) is 0 Å². The molecule has 1 aliphatic carbocycles. The Bertz CT molecular complexity index is 1400. The maximum absolute atomic E-state index is 13.4. The topological polar surface area (TPSA) is 131 Å². The summed E-state index contributed by atoms with van der Waals surface area (Å²) in [5, 5.41) is 26.5. The number of carbonyl (C=O) groups is 1. The van der Waals surface area contributed by atoms with Crippen LogP contribution in [-0.4, -0.2) is 76.9 Å². The molecule has 1 heterocycles. The minimum atomic E-state index is -4.56. The van der Waals surface area contributed by atoms with Crippen LogP contribution >= 0.6 is 11.6 Å². The first-order valence-electron chi connectivity index (χ1n) is 12.4. The lowest BCUT2D eigenvalue weighted by molar-refractivity contribution is -0.211. The van der Waals surface area contributed by atoms with Crippen LogP contribution in [0.5, 0.6) is 5.75 Å². The van der Waals surface area contributed by atoms with Crippen LogP contribution in [0.15, 0.2) is 18.2 Å². The Kier molecular flexibility index (Phi) is 9.38. The fraction of sp³-hybridized carbons (Fsp3) is 0.600. The molecule has 3 rings (SSSR count). The first kappa shape index (κ1) is 33.0. The van der Waals surface area contributed by atoms with Crippen molar-refractivity contribution in [3.05, 3.63) is 34.5 Å². The van der Waals surface area contributed by atoms with E-state index in [1.807, 2.05) is 0 Å². The van der Waals surface area contributed by atoms with Crippen LogP contribution in [-0.2, 0) is 23.3 Å². The van der Waals surface area contributed by atoms with E-state index in [2.05, 4.69) is 15.2 Å². The smallest absolute Gasteiger partial charge is 0.394 e. The third-order valence-corrected chi connectivity index (χ3v) is 9.30. The number of hydrogen-bond donors (Lipinski definition) is 3. The quantitative estimate of drug-likeness (QED) is 0.358. The van der Waals surface area contributed by atoms with E-state index >= 15 is 0 Å². The SMILES string of the molecule is Cn1nc(C(=O)NC[C@@]2(O)CC[C@H](S(C)(=O)=O)C[C@@H]2O)c(Cl)c1-c1ccc(CC(C)(C)C(F)(F)F)cc1OC(F)F. The molecule has 1 saturated carbocycles. The van der Waals surface area contributed by atoms with E-state index in [-0.39, 0.29) is 46.8 Å². The van der Waals surface area contributed by atoms with Gasteiger partial charge < -0.3 is 20.3 Å². The summed E-state index contributed by atoms with van der Waals surface area (Å²) in [6, 6.07) is 3.58. The minimum Gasteiger partial charge on any atom is -0.434 e. The Morgan fingerprint density at radius 3 is 2.49 bits per heavy atom. The lowest BCUT2D eigenvalue weighted by atomic mass is 9.82. The summed E-state index contributed by atoms with van der Waals surface area (Å²) >= 11 is 6.41. The van der Waals surface area contributed by atoms with Crippen LogP contribution in [0.1, 0.15) is 49.2 Å². The summed E-state index contributed by atoms with van der Waals surface area (Å²) in [5.41, 5.74) is -4.38. The van der Waals surface area contributed by atoms with E-state index in [0.29, 0.717) is 0 Å². The lowest BCUT2D eigenvalue weighted by Gasteiger charge is -2.39. The molecule has 0 aliphatic heterocycles. The number of hydrogen-bond acceptors (Lipinski definition) is 7. The van der Waals surface area contributed by atoms with Gasteiger partial charge in [-0.05, 0) is 43.4 Å². The second-order valence-electron chi connectivity index (χ2n) is 10.9. The molecular weight excluding hydrogens is 601 g/mol. The first-order chi connectivity index (χ1) is 18.7. The fourth-order valence-electron chi connectivity index (χ4n) is 4.69. The van der Waals surface area contributed by atoms with Crippen molar-refractivity contribution >= 4 is 27.3 Å². The van der Waals surface area contributed by atoms with Gasteiger partial charge in [-0.1, -0.05) is 31.5 Å². The van der Waals surface area contributed by atoms with Gasteiger partial charge in [-0.3, -0.25) is 9.48 Å². The van der Waals surface area contributed by atoms with E-state index in [9.17, 15) is 45.4 Å². The summed E-state index contributed by atoms with van der Waals surface area (Å²) in [5.74, 6) is -1.37. The van der Waals surface area contributed by atoms with Crippen molar-refractivity contribution in [2.45, 2.75) is 69.3 Å². The second-order valence-corrected chi connectivity index (χ2v) is 13.6. The molecule has 0 bridgehead atoms. The van der Waals surface area contributed by atoms with E-state index in [4.69, 9.17) is 11.6 Å². The van der Waals surface area contributed by atoms with Crippen LogP contribution in [0.2, 0.25) is 5.02 Å². The Labute approximate surface area is 238 Å². The highest BCUT2D eigenvalue weighted by molar-refractivity contribution is 7.91. The normalized spacial score (nSPS) is 22.2. The maximum atomic E-state index is 13.4. The maximum Gasteiger partial charge on any atom is 0.394 e. The van der Waals surface area contributed by atoms with Gasteiger partial charge in [0.25, 0.3) is 5.91 Å². The van der Waals surface area contributed by atoms with Crippen molar-refractivity contribution in [3.63, 3.8) is 0 Å². The number of nitrogens with one attached hydrogen (secondary N) is 1. The molecule has 9 nitrogen and oxygen atoms in total. The average Bonchev–Trinajstić information content (AvgIpc) is 3.11. The van der Waals surface area contributed by atoms with E-state index < -0.39 is 69.6 Å². The molecule has 1 amide bonds. The number of ether oxygens (including phenoxy) is 1. The zero-order valence-corrected chi connectivity index (χ0v) is 24.2. The number of benzene rings is 1. The number of aryl methyl sites for hydroxylation is 1. The standard InChI is InChI=1S/C25H31ClF5N3O6S/c1-23(2,25(29,30)31)11-13-5-6-15(16(9-13)40-22(27)28)20-18(26)19(33-34(20)3)21(36)32-12-24(37)8-7-14(10-17(24)35)41(4,38)39/h5-6,9,14,17,22,35,37H,7-8,10-12H2,1-4H3,(H,32,36)/t14-,17-,24-/m0/s1. The molecule has 2 aromatic rings. The molecular formula is C25H31ClF5N3O6S. The van der Waals surface area contributed by atoms with Crippen LogP contribution in [0.4, 0.5) is 22.0 Å². The lowest BCUT2D eigenvalue weighted by Crippen LogP contribution is -2.56. The van der Waals surface area contributed by atoms with Crippen molar-refractivity contribution < 1.29 is 50.1 Å². The molecule has 1 aromatic carbocycles. The van der Waals surface area contributed by atoms with Gasteiger partial charge in [0, 0.05) is 25.4 Å². The molecule has 1 aliphatic rings. The predicted octanol–water partition coefficient (Wildman–Crippen LogP) is 3.89. The fourth-order valence-corrected chi connectivity index (χ4v) is 6.11. The summed E-state index contributed by atoms with van der Waals surface area (Å²) in [4.78, 5) is 12.9. The third kappa shape index (κ3) is 7.30. The summed E-state index contributed by atoms with van der Waals surface area (Å²) in [6.07, 6.45) is -5.75. The number of aliphatic hydroxyl groups is 2. The molecule has 1 fully saturated rings. The summed E-state index contributed by atoms with van der Waals surface area (Å²) in [6.45, 7) is -1.83. The van der Waals surface area contributed by atoms with Crippen molar-refractivity contribution in [2.24, 2.45) is 12.5 Å². The van der Waals surface area contributed by atoms with Crippen molar-refractivity contribution in [2.75, 3.05) is 12.8 Å². The molecule has 3 atom stereocenters. The van der Waals surface area contributed by atoms with Crippen LogP contribution in [0.25, 0.3) is 11.3 Å². The molecule has 0 saturated heterocycles. The molecule has 230 valence electrons. The zero-order chi connectivity index (χ0) is 31.1. The van der Waals surface area contributed by atoms with Gasteiger partial charge in [0.05, 0.1) is 27.5 Å². The van der Waals surface area contributed by atoms with E-state index in [1.54, 1.807) is 0 Å². The molecule has 1 aromatic heterocycles.